The summed E-state index contributed by atoms with van der Waals surface area (Å²) in [6.07, 6.45) is 0. The monoisotopic (exact) mass is 322 g/mol. The Bertz CT molecular complexity index is 532. The molecule has 2 aliphatic rings. The molecule has 0 bridgehead atoms. The maximum Gasteiger partial charge on any atom is 0.236 e. The lowest BCUT2D eigenvalue weighted by Crippen LogP contribution is -2.41. The third kappa shape index (κ3) is 3.87. The van der Waals surface area contributed by atoms with Crippen LogP contribution >= 0.6 is 11.8 Å². The van der Waals surface area contributed by atoms with Crippen LogP contribution in [0, 0.1) is 0 Å². The Balaban J connectivity index is 1.56. The van der Waals surface area contributed by atoms with Crippen LogP contribution in [0.3, 0.4) is 0 Å². The molecule has 2 heterocycles. The van der Waals surface area contributed by atoms with Crippen molar-refractivity contribution in [3.8, 4) is 11.5 Å². The molecule has 1 amide bonds. The van der Waals surface area contributed by atoms with Gasteiger partial charge in [0, 0.05) is 38.2 Å². The van der Waals surface area contributed by atoms with Gasteiger partial charge in [-0.3, -0.25) is 9.69 Å². The van der Waals surface area contributed by atoms with Crippen LogP contribution in [0.15, 0.2) is 18.2 Å². The molecular formula is C16H22N2O3S. The van der Waals surface area contributed by atoms with Crippen molar-refractivity contribution in [3.63, 3.8) is 0 Å². The number of benzene rings is 1. The van der Waals surface area contributed by atoms with Crippen LogP contribution in [0.2, 0.25) is 0 Å². The predicted octanol–water partition coefficient (Wildman–Crippen LogP) is 1.46. The molecule has 0 unspecified atom stereocenters. The van der Waals surface area contributed by atoms with Crippen molar-refractivity contribution < 1.29 is 14.3 Å². The lowest BCUT2D eigenvalue weighted by atomic mass is 10.2. The third-order valence-corrected chi connectivity index (χ3v) is 4.86. The second-order valence-electron chi connectivity index (χ2n) is 5.62. The zero-order valence-corrected chi connectivity index (χ0v) is 13.7. The summed E-state index contributed by atoms with van der Waals surface area (Å²) in [5.41, 5.74) is 1.06. The van der Waals surface area contributed by atoms with E-state index in [2.05, 4.69) is 4.90 Å². The molecular weight excluding hydrogens is 300 g/mol. The molecule has 0 aromatic heterocycles. The van der Waals surface area contributed by atoms with Crippen LogP contribution < -0.4 is 9.47 Å². The highest BCUT2D eigenvalue weighted by Gasteiger charge is 2.18. The van der Waals surface area contributed by atoms with Crippen molar-refractivity contribution in [1.29, 1.82) is 0 Å². The van der Waals surface area contributed by atoms with Gasteiger partial charge in [0.15, 0.2) is 11.5 Å². The summed E-state index contributed by atoms with van der Waals surface area (Å²) < 4.78 is 11.1. The minimum Gasteiger partial charge on any atom is -0.486 e. The lowest BCUT2D eigenvalue weighted by Gasteiger charge is -2.28. The van der Waals surface area contributed by atoms with E-state index in [1.807, 2.05) is 37.0 Å². The Morgan fingerprint density at radius 2 is 1.95 bits per heavy atom. The standard InChI is InChI=1S/C16H22N2O3S/c1-17(16(19)12-18-4-8-22-9-5-18)11-13-2-3-14-15(10-13)21-7-6-20-14/h2-3,10H,4-9,11-12H2,1H3. The summed E-state index contributed by atoms with van der Waals surface area (Å²) in [5.74, 6) is 3.98. The highest BCUT2D eigenvalue weighted by atomic mass is 32.2. The molecule has 6 heteroatoms. The molecule has 1 aromatic rings. The van der Waals surface area contributed by atoms with Crippen molar-refractivity contribution in [2.24, 2.45) is 0 Å². The minimum atomic E-state index is 0.168. The Morgan fingerprint density at radius 3 is 2.73 bits per heavy atom. The maximum atomic E-state index is 12.3. The molecule has 0 atom stereocenters. The van der Waals surface area contributed by atoms with Crippen LogP contribution in [-0.4, -0.2) is 67.1 Å². The van der Waals surface area contributed by atoms with Gasteiger partial charge in [-0.1, -0.05) is 6.07 Å². The van der Waals surface area contributed by atoms with Crippen molar-refractivity contribution in [1.82, 2.24) is 9.80 Å². The molecule has 3 rings (SSSR count). The smallest absolute Gasteiger partial charge is 0.236 e. The molecule has 1 saturated heterocycles. The number of nitrogens with zero attached hydrogens (tertiary/aromatic N) is 2. The molecule has 5 nitrogen and oxygen atoms in total. The van der Waals surface area contributed by atoms with Crippen molar-refractivity contribution >= 4 is 17.7 Å². The molecule has 0 N–H and O–H groups in total. The van der Waals surface area contributed by atoms with Crippen LogP contribution in [0.25, 0.3) is 0 Å². The Kier molecular flexibility index (Phi) is 5.10. The number of fused-ring (bicyclic) bond motifs is 1. The molecule has 120 valence electrons. The number of ether oxygens (including phenoxy) is 2. The van der Waals surface area contributed by atoms with E-state index < -0.39 is 0 Å². The van der Waals surface area contributed by atoms with Gasteiger partial charge in [-0.05, 0) is 17.7 Å². The first-order valence-electron chi connectivity index (χ1n) is 7.65. The number of hydrogen-bond donors (Lipinski definition) is 0. The number of carbonyl (C=O) groups is 1. The Morgan fingerprint density at radius 1 is 1.23 bits per heavy atom. The van der Waals surface area contributed by atoms with Crippen molar-refractivity contribution in [2.45, 2.75) is 6.54 Å². The maximum absolute atomic E-state index is 12.3. The molecule has 1 fully saturated rings. The van der Waals surface area contributed by atoms with E-state index in [1.165, 1.54) is 0 Å². The van der Waals surface area contributed by atoms with Crippen LogP contribution in [0.1, 0.15) is 5.56 Å². The average Bonchev–Trinajstić information content (AvgIpc) is 2.55. The van der Waals surface area contributed by atoms with E-state index >= 15 is 0 Å². The molecule has 0 spiro atoms. The van der Waals surface area contributed by atoms with E-state index in [0.717, 1.165) is 41.7 Å². The minimum absolute atomic E-state index is 0.168. The first-order chi connectivity index (χ1) is 10.7. The van der Waals surface area contributed by atoms with E-state index in [4.69, 9.17) is 9.47 Å². The van der Waals surface area contributed by atoms with Gasteiger partial charge in [0.1, 0.15) is 13.2 Å². The highest BCUT2D eigenvalue weighted by Crippen LogP contribution is 2.31. The van der Waals surface area contributed by atoms with Gasteiger partial charge >= 0.3 is 0 Å². The average molecular weight is 322 g/mol. The molecule has 22 heavy (non-hydrogen) atoms. The summed E-state index contributed by atoms with van der Waals surface area (Å²) in [7, 11) is 1.86. The zero-order valence-electron chi connectivity index (χ0n) is 12.9. The quantitative estimate of drug-likeness (QED) is 0.840. The van der Waals surface area contributed by atoms with Gasteiger partial charge in [0.25, 0.3) is 0 Å². The normalized spacial score (nSPS) is 18.0. The summed E-state index contributed by atoms with van der Waals surface area (Å²) in [6, 6.07) is 5.88. The van der Waals surface area contributed by atoms with Crippen molar-refractivity contribution in [3.05, 3.63) is 23.8 Å². The number of rotatable bonds is 4. The molecule has 1 aromatic carbocycles. The first kappa shape index (κ1) is 15.5. The predicted molar refractivity (Wildman–Crippen MR) is 87.7 cm³/mol. The van der Waals surface area contributed by atoms with Crippen molar-refractivity contribution in [2.75, 3.05) is 51.4 Å². The molecule has 0 aliphatic carbocycles. The SMILES string of the molecule is CN(Cc1ccc2c(c1)OCCO2)C(=O)CN1CCSCC1. The first-order valence-corrected chi connectivity index (χ1v) is 8.80. The van der Waals surface area contributed by atoms with Gasteiger partial charge in [0.05, 0.1) is 6.54 Å². The number of hydrogen-bond acceptors (Lipinski definition) is 5. The lowest BCUT2D eigenvalue weighted by molar-refractivity contribution is -0.131. The second kappa shape index (κ2) is 7.24. The van der Waals surface area contributed by atoms with Gasteiger partial charge in [-0.2, -0.15) is 11.8 Å². The molecule has 0 saturated carbocycles. The molecule has 2 aliphatic heterocycles. The number of thioether (sulfide) groups is 1. The third-order valence-electron chi connectivity index (χ3n) is 3.91. The van der Waals surface area contributed by atoms with E-state index in [1.54, 1.807) is 4.90 Å². The Labute approximate surface area is 135 Å². The van der Waals surface area contributed by atoms with Crippen LogP contribution in [-0.2, 0) is 11.3 Å². The van der Waals surface area contributed by atoms with Crippen LogP contribution in [0.5, 0.6) is 11.5 Å². The van der Waals surface area contributed by atoms with Gasteiger partial charge in [-0.15, -0.1) is 0 Å². The second-order valence-corrected chi connectivity index (χ2v) is 6.84. The zero-order chi connectivity index (χ0) is 15.4. The number of likely N-dealkylation sites (N-methyl/N-ethyl adjacent to an activating group) is 1. The number of amides is 1. The van der Waals surface area contributed by atoms with E-state index in [-0.39, 0.29) is 5.91 Å². The summed E-state index contributed by atoms with van der Waals surface area (Å²) in [5, 5.41) is 0. The van der Waals surface area contributed by atoms with Gasteiger partial charge < -0.3 is 14.4 Å². The number of carbonyl (C=O) groups excluding carboxylic acids is 1. The fourth-order valence-corrected chi connectivity index (χ4v) is 3.60. The fraction of sp³-hybridized carbons (Fsp3) is 0.562. The summed E-state index contributed by atoms with van der Waals surface area (Å²) >= 11 is 1.96. The largest absolute Gasteiger partial charge is 0.486 e. The van der Waals surface area contributed by atoms with Crippen LogP contribution in [0.4, 0.5) is 0 Å². The molecule has 0 radical (unpaired) electrons. The van der Waals surface area contributed by atoms with E-state index in [9.17, 15) is 4.79 Å². The Hall–Kier alpha value is -1.40. The summed E-state index contributed by atoms with van der Waals surface area (Å²) in [6.45, 7) is 4.30. The van der Waals surface area contributed by atoms with E-state index in [0.29, 0.717) is 26.3 Å². The summed E-state index contributed by atoms with van der Waals surface area (Å²) in [4.78, 5) is 16.3. The van der Waals surface area contributed by atoms with Gasteiger partial charge in [0.2, 0.25) is 5.91 Å². The van der Waals surface area contributed by atoms with Gasteiger partial charge in [-0.25, -0.2) is 0 Å². The highest BCUT2D eigenvalue weighted by molar-refractivity contribution is 7.99. The fourth-order valence-electron chi connectivity index (χ4n) is 2.62. The topological polar surface area (TPSA) is 42.0 Å².